The minimum Gasteiger partial charge on any atom is -0.352 e. The molecule has 3 rings (SSSR count). The molecule has 1 amide bonds. The van der Waals surface area contributed by atoms with Crippen LogP contribution in [0.4, 0.5) is 5.69 Å². The number of nitro benzene ring substituents is 1. The second-order valence-electron chi connectivity index (χ2n) is 5.54. The standard InChI is InChI=1S/C16H17N5O3/c22-16(18-9-11-2-1-7-17-8-11)14-10-19-20-15(14)12-3-5-13(6-4-12)21(23)24/h1-8,14-15,19-20H,9-10H2,(H,18,22). The number of pyridine rings is 1. The lowest BCUT2D eigenvalue weighted by atomic mass is 9.94. The van der Waals surface area contributed by atoms with E-state index in [0.717, 1.165) is 11.1 Å². The Morgan fingerprint density at radius 3 is 2.79 bits per heavy atom. The molecule has 1 saturated heterocycles. The fourth-order valence-electron chi connectivity index (χ4n) is 2.68. The summed E-state index contributed by atoms with van der Waals surface area (Å²) >= 11 is 0. The first kappa shape index (κ1) is 16.0. The lowest BCUT2D eigenvalue weighted by Crippen LogP contribution is -2.34. The Labute approximate surface area is 138 Å². The summed E-state index contributed by atoms with van der Waals surface area (Å²) < 4.78 is 0. The molecule has 0 radical (unpaired) electrons. The summed E-state index contributed by atoms with van der Waals surface area (Å²) in [6.07, 6.45) is 3.39. The summed E-state index contributed by atoms with van der Waals surface area (Å²) in [5, 5.41) is 13.6. The monoisotopic (exact) mass is 327 g/mol. The third kappa shape index (κ3) is 3.55. The zero-order valence-corrected chi connectivity index (χ0v) is 12.8. The van der Waals surface area contributed by atoms with Gasteiger partial charge in [-0.25, -0.2) is 5.43 Å². The molecule has 124 valence electrons. The van der Waals surface area contributed by atoms with Crippen molar-refractivity contribution < 1.29 is 9.72 Å². The fraction of sp³-hybridized carbons (Fsp3) is 0.250. The average molecular weight is 327 g/mol. The van der Waals surface area contributed by atoms with Gasteiger partial charge >= 0.3 is 0 Å². The Hall–Kier alpha value is -2.84. The number of hydrogen-bond acceptors (Lipinski definition) is 6. The molecule has 2 aromatic rings. The van der Waals surface area contributed by atoms with E-state index < -0.39 is 4.92 Å². The van der Waals surface area contributed by atoms with Crippen LogP contribution in [0.5, 0.6) is 0 Å². The molecular formula is C16H17N5O3. The highest BCUT2D eigenvalue weighted by molar-refractivity contribution is 5.80. The van der Waals surface area contributed by atoms with Crippen LogP contribution in [0.15, 0.2) is 48.8 Å². The number of rotatable bonds is 5. The van der Waals surface area contributed by atoms with Crippen molar-refractivity contribution in [2.45, 2.75) is 12.6 Å². The van der Waals surface area contributed by atoms with Crippen molar-refractivity contribution in [3.63, 3.8) is 0 Å². The first-order valence-electron chi connectivity index (χ1n) is 7.54. The fourth-order valence-corrected chi connectivity index (χ4v) is 2.68. The van der Waals surface area contributed by atoms with Gasteiger partial charge in [-0.3, -0.25) is 25.3 Å². The number of carbonyl (C=O) groups is 1. The Morgan fingerprint density at radius 1 is 1.33 bits per heavy atom. The summed E-state index contributed by atoms with van der Waals surface area (Å²) in [5.74, 6) is -0.386. The smallest absolute Gasteiger partial charge is 0.269 e. The number of carbonyl (C=O) groups excluding carboxylic acids is 1. The van der Waals surface area contributed by atoms with Crippen molar-refractivity contribution >= 4 is 11.6 Å². The maximum atomic E-state index is 12.5. The Bertz CT molecular complexity index is 720. The predicted molar refractivity (Wildman–Crippen MR) is 86.5 cm³/mol. The van der Waals surface area contributed by atoms with Gasteiger partial charge in [0.2, 0.25) is 5.91 Å². The van der Waals surface area contributed by atoms with Crippen LogP contribution in [0, 0.1) is 16.0 Å². The number of nitrogens with zero attached hydrogens (tertiary/aromatic N) is 2. The van der Waals surface area contributed by atoms with Crippen LogP contribution in [0.1, 0.15) is 17.2 Å². The zero-order valence-electron chi connectivity index (χ0n) is 12.8. The number of benzene rings is 1. The lowest BCUT2D eigenvalue weighted by Gasteiger charge is -2.18. The number of nitrogens with one attached hydrogen (secondary N) is 3. The third-order valence-corrected chi connectivity index (χ3v) is 3.97. The van der Waals surface area contributed by atoms with E-state index in [2.05, 4.69) is 21.2 Å². The molecule has 1 fully saturated rings. The number of nitro groups is 1. The molecule has 2 unspecified atom stereocenters. The summed E-state index contributed by atoms with van der Waals surface area (Å²) in [6, 6.07) is 9.71. The van der Waals surface area contributed by atoms with Gasteiger partial charge < -0.3 is 5.32 Å². The Morgan fingerprint density at radius 2 is 2.12 bits per heavy atom. The molecule has 0 saturated carbocycles. The van der Waals surface area contributed by atoms with Gasteiger partial charge in [0, 0.05) is 37.6 Å². The topological polar surface area (TPSA) is 109 Å². The minimum absolute atomic E-state index is 0.0299. The second kappa shape index (κ2) is 7.16. The van der Waals surface area contributed by atoms with Crippen LogP contribution in [0.25, 0.3) is 0 Å². The Kier molecular flexibility index (Phi) is 4.78. The van der Waals surface area contributed by atoms with Gasteiger partial charge in [0.25, 0.3) is 5.69 Å². The van der Waals surface area contributed by atoms with E-state index in [0.29, 0.717) is 13.1 Å². The summed E-state index contributed by atoms with van der Waals surface area (Å²) in [7, 11) is 0. The van der Waals surface area contributed by atoms with Gasteiger partial charge in [0.1, 0.15) is 0 Å². The van der Waals surface area contributed by atoms with Crippen molar-refractivity contribution in [2.75, 3.05) is 6.54 Å². The highest BCUT2D eigenvalue weighted by atomic mass is 16.6. The maximum Gasteiger partial charge on any atom is 0.269 e. The van der Waals surface area contributed by atoms with Gasteiger partial charge in [0.15, 0.2) is 0 Å². The minimum atomic E-state index is -0.442. The van der Waals surface area contributed by atoms with Crippen LogP contribution >= 0.6 is 0 Å². The number of aromatic nitrogens is 1. The van der Waals surface area contributed by atoms with Crippen LogP contribution in [-0.2, 0) is 11.3 Å². The zero-order chi connectivity index (χ0) is 16.9. The van der Waals surface area contributed by atoms with Gasteiger partial charge in [-0.2, -0.15) is 0 Å². The number of hydrazine groups is 1. The summed E-state index contributed by atoms with van der Waals surface area (Å²) in [4.78, 5) is 26.8. The molecule has 1 aromatic heterocycles. The van der Waals surface area contributed by atoms with E-state index in [1.165, 1.54) is 12.1 Å². The molecule has 0 aliphatic carbocycles. The van der Waals surface area contributed by atoms with Crippen LogP contribution < -0.4 is 16.2 Å². The average Bonchev–Trinajstić information content (AvgIpc) is 3.10. The molecule has 1 aliphatic rings. The van der Waals surface area contributed by atoms with Crippen molar-refractivity contribution in [1.29, 1.82) is 0 Å². The van der Waals surface area contributed by atoms with Gasteiger partial charge in [0.05, 0.1) is 16.9 Å². The molecule has 1 aliphatic heterocycles. The molecule has 8 heteroatoms. The largest absolute Gasteiger partial charge is 0.352 e. The number of hydrogen-bond donors (Lipinski definition) is 3. The molecule has 2 atom stereocenters. The number of amides is 1. The Balaban J connectivity index is 1.66. The van der Waals surface area contributed by atoms with Crippen molar-refractivity contribution in [3.05, 3.63) is 70.0 Å². The lowest BCUT2D eigenvalue weighted by molar-refractivity contribution is -0.384. The van der Waals surface area contributed by atoms with E-state index in [1.54, 1.807) is 24.5 Å². The highest BCUT2D eigenvalue weighted by Gasteiger charge is 2.33. The molecule has 0 spiro atoms. The van der Waals surface area contributed by atoms with Gasteiger partial charge in [-0.1, -0.05) is 18.2 Å². The molecule has 8 nitrogen and oxygen atoms in total. The molecular weight excluding hydrogens is 310 g/mol. The highest BCUT2D eigenvalue weighted by Crippen LogP contribution is 2.26. The van der Waals surface area contributed by atoms with Crippen molar-refractivity contribution in [2.24, 2.45) is 5.92 Å². The molecule has 1 aromatic carbocycles. The summed E-state index contributed by atoms with van der Waals surface area (Å²) in [5.41, 5.74) is 7.82. The van der Waals surface area contributed by atoms with E-state index in [-0.39, 0.29) is 23.6 Å². The third-order valence-electron chi connectivity index (χ3n) is 3.97. The van der Waals surface area contributed by atoms with E-state index in [1.807, 2.05) is 12.1 Å². The van der Waals surface area contributed by atoms with E-state index in [4.69, 9.17) is 0 Å². The second-order valence-corrected chi connectivity index (χ2v) is 5.54. The van der Waals surface area contributed by atoms with E-state index in [9.17, 15) is 14.9 Å². The molecule has 0 bridgehead atoms. The first-order valence-corrected chi connectivity index (χ1v) is 7.54. The normalized spacial score (nSPS) is 19.8. The van der Waals surface area contributed by atoms with Gasteiger partial charge in [-0.15, -0.1) is 0 Å². The van der Waals surface area contributed by atoms with Crippen molar-refractivity contribution in [1.82, 2.24) is 21.2 Å². The quantitative estimate of drug-likeness (QED) is 0.560. The molecule has 3 N–H and O–H groups in total. The van der Waals surface area contributed by atoms with Gasteiger partial charge in [-0.05, 0) is 17.2 Å². The molecule has 24 heavy (non-hydrogen) atoms. The van der Waals surface area contributed by atoms with Crippen LogP contribution in [0.2, 0.25) is 0 Å². The molecule has 2 heterocycles. The maximum absolute atomic E-state index is 12.5. The predicted octanol–water partition coefficient (Wildman–Crippen LogP) is 1.07. The van der Waals surface area contributed by atoms with E-state index >= 15 is 0 Å². The first-order chi connectivity index (χ1) is 11.6. The number of non-ortho nitro benzene ring substituents is 1. The summed E-state index contributed by atoms with van der Waals surface area (Å²) in [6.45, 7) is 0.899. The van der Waals surface area contributed by atoms with Crippen molar-refractivity contribution in [3.8, 4) is 0 Å². The SMILES string of the molecule is O=C(NCc1cccnc1)C1CNNC1c1ccc([N+](=O)[O-])cc1. The van der Waals surface area contributed by atoms with Crippen LogP contribution in [0.3, 0.4) is 0 Å². The van der Waals surface area contributed by atoms with Crippen LogP contribution in [-0.4, -0.2) is 22.4 Å².